The van der Waals surface area contributed by atoms with E-state index < -0.39 is 10.0 Å². The molecule has 0 bridgehead atoms. The number of aromatic amines is 1. The van der Waals surface area contributed by atoms with Gasteiger partial charge in [0.1, 0.15) is 5.75 Å². The van der Waals surface area contributed by atoms with Crippen LogP contribution in [0.2, 0.25) is 0 Å². The number of para-hydroxylation sites is 2. The molecule has 1 fully saturated rings. The van der Waals surface area contributed by atoms with Crippen molar-refractivity contribution in [1.29, 1.82) is 0 Å². The number of carbonyl (C=O) groups excluding carboxylic acids is 1. The number of H-pyrrole nitrogens is 1. The van der Waals surface area contributed by atoms with Crippen LogP contribution in [0.4, 0.5) is 5.69 Å². The number of nitrogens with one attached hydrogen (secondary N) is 2. The summed E-state index contributed by atoms with van der Waals surface area (Å²) in [6.45, 7) is 2.99. The molecule has 1 saturated heterocycles. The van der Waals surface area contributed by atoms with Crippen LogP contribution in [-0.4, -0.2) is 48.3 Å². The zero-order chi connectivity index (χ0) is 18.6. The van der Waals surface area contributed by atoms with Crippen molar-refractivity contribution in [2.45, 2.75) is 24.8 Å². The Hall–Kier alpha value is -2.39. The van der Waals surface area contributed by atoms with Crippen LogP contribution in [0.5, 0.6) is 5.75 Å². The molecule has 0 spiro atoms. The van der Waals surface area contributed by atoms with Gasteiger partial charge in [-0.3, -0.25) is 4.79 Å². The summed E-state index contributed by atoms with van der Waals surface area (Å²) in [5.41, 5.74) is 0.631. The summed E-state index contributed by atoms with van der Waals surface area (Å²) in [5, 5.41) is 2.97. The molecule has 8 nitrogen and oxygen atoms in total. The highest BCUT2D eigenvalue weighted by atomic mass is 32.2. The predicted octanol–water partition coefficient (Wildman–Crippen LogP) is 1.85. The maximum Gasteiger partial charge on any atom is 0.260 e. The van der Waals surface area contributed by atoms with Crippen molar-refractivity contribution in [3.63, 3.8) is 0 Å². The fourth-order valence-electron chi connectivity index (χ4n) is 2.97. The van der Waals surface area contributed by atoms with E-state index in [1.165, 1.54) is 16.8 Å². The van der Waals surface area contributed by atoms with E-state index in [0.717, 1.165) is 0 Å². The number of benzene rings is 1. The highest BCUT2D eigenvalue weighted by Gasteiger charge is 2.33. The van der Waals surface area contributed by atoms with Crippen molar-refractivity contribution in [3.05, 3.63) is 36.8 Å². The van der Waals surface area contributed by atoms with Crippen LogP contribution in [0.25, 0.3) is 0 Å². The third-order valence-corrected chi connectivity index (χ3v) is 6.18. The molecule has 1 amide bonds. The van der Waals surface area contributed by atoms with Gasteiger partial charge < -0.3 is 15.0 Å². The summed E-state index contributed by atoms with van der Waals surface area (Å²) in [5.74, 6) is 0.274. The van der Waals surface area contributed by atoms with E-state index in [-0.39, 0.29) is 16.9 Å². The molecular formula is C17H22N4O4S. The highest BCUT2D eigenvalue weighted by molar-refractivity contribution is 7.89. The van der Waals surface area contributed by atoms with Gasteiger partial charge in [-0.25, -0.2) is 13.4 Å². The first-order valence-corrected chi connectivity index (χ1v) is 9.97. The average molecular weight is 378 g/mol. The zero-order valence-corrected chi connectivity index (χ0v) is 15.3. The number of aromatic nitrogens is 2. The monoisotopic (exact) mass is 378 g/mol. The van der Waals surface area contributed by atoms with E-state index in [1.807, 2.05) is 19.1 Å². The molecule has 1 aliphatic heterocycles. The molecule has 0 saturated carbocycles. The van der Waals surface area contributed by atoms with Crippen LogP contribution in [-0.2, 0) is 14.8 Å². The molecule has 2 N–H and O–H groups in total. The quantitative estimate of drug-likeness (QED) is 0.798. The number of carbonyl (C=O) groups is 1. The summed E-state index contributed by atoms with van der Waals surface area (Å²) in [6.07, 6.45) is 3.56. The Kier molecular flexibility index (Phi) is 5.58. The van der Waals surface area contributed by atoms with E-state index in [1.54, 1.807) is 12.1 Å². The van der Waals surface area contributed by atoms with Crippen LogP contribution in [0.1, 0.15) is 19.8 Å². The molecule has 0 radical (unpaired) electrons. The van der Waals surface area contributed by atoms with Crippen molar-refractivity contribution in [2.75, 3.05) is 25.0 Å². The number of hydrogen-bond acceptors (Lipinski definition) is 5. The fourth-order valence-corrected chi connectivity index (χ4v) is 4.33. The number of anilines is 1. The van der Waals surface area contributed by atoms with E-state index in [2.05, 4.69) is 15.3 Å². The number of ether oxygens (including phenoxy) is 1. The molecule has 1 aromatic heterocycles. The minimum Gasteiger partial charge on any atom is -0.492 e. The van der Waals surface area contributed by atoms with E-state index in [0.29, 0.717) is 44.0 Å². The van der Waals surface area contributed by atoms with Gasteiger partial charge in [0.2, 0.25) is 5.91 Å². The minimum absolute atomic E-state index is 0.0750. The molecule has 2 aromatic rings. The summed E-state index contributed by atoms with van der Waals surface area (Å²) in [6, 6.07) is 7.27. The highest BCUT2D eigenvalue weighted by Crippen LogP contribution is 2.27. The van der Waals surface area contributed by atoms with Crippen LogP contribution >= 0.6 is 0 Å². The van der Waals surface area contributed by atoms with Gasteiger partial charge in [0.15, 0.2) is 5.03 Å². The van der Waals surface area contributed by atoms with Crippen molar-refractivity contribution < 1.29 is 17.9 Å². The third kappa shape index (κ3) is 3.88. The van der Waals surface area contributed by atoms with Crippen molar-refractivity contribution in [1.82, 2.24) is 14.3 Å². The van der Waals surface area contributed by atoms with Gasteiger partial charge in [-0.15, -0.1) is 0 Å². The molecule has 0 atom stereocenters. The first-order valence-electron chi connectivity index (χ1n) is 8.53. The first-order chi connectivity index (χ1) is 12.5. The Bertz CT molecular complexity index is 843. The topological polar surface area (TPSA) is 104 Å². The Morgan fingerprint density at radius 2 is 2.08 bits per heavy atom. The summed E-state index contributed by atoms with van der Waals surface area (Å²) < 4.78 is 31.8. The standard InChI is InChI=1S/C17H22N4O4S/c1-2-25-15-6-4-3-5-14(15)20-17(22)13-7-9-21(10-8-13)26(23,24)16-11-18-12-19-16/h3-6,11-13H,2,7-10H2,1H3,(H,18,19)(H,20,22). The summed E-state index contributed by atoms with van der Waals surface area (Å²) >= 11 is 0. The largest absolute Gasteiger partial charge is 0.492 e. The normalized spacial score (nSPS) is 16.3. The second-order valence-corrected chi connectivity index (χ2v) is 7.92. The molecule has 3 rings (SSSR count). The molecular weight excluding hydrogens is 356 g/mol. The van der Waals surface area contributed by atoms with Crippen molar-refractivity contribution in [2.24, 2.45) is 5.92 Å². The molecule has 2 heterocycles. The predicted molar refractivity (Wildman–Crippen MR) is 96.3 cm³/mol. The van der Waals surface area contributed by atoms with Gasteiger partial charge in [0, 0.05) is 19.0 Å². The Morgan fingerprint density at radius 3 is 2.73 bits per heavy atom. The Balaban J connectivity index is 1.61. The molecule has 26 heavy (non-hydrogen) atoms. The zero-order valence-electron chi connectivity index (χ0n) is 14.5. The number of imidazole rings is 1. The van der Waals surface area contributed by atoms with Gasteiger partial charge in [-0.1, -0.05) is 12.1 Å². The molecule has 1 aromatic carbocycles. The van der Waals surface area contributed by atoms with Gasteiger partial charge >= 0.3 is 0 Å². The molecule has 0 aliphatic carbocycles. The van der Waals surface area contributed by atoms with Crippen molar-refractivity contribution in [3.8, 4) is 5.75 Å². The molecule has 1 aliphatic rings. The minimum atomic E-state index is -3.58. The average Bonchev–Trinajstić information content (AvgIpc) is 3.19. The van der Waals surface area contributed by atoms with Gasteiger partial charge in [-0.05, 0) is 31.9 Å². The van der Waals surface area contributed by atoms with Crippen LogP contribution in [0.3, 0.4) is 0 Å². The van der Waals surface area contributed by atoms with E-state index in [9.17, 15) is 13.2 Å². The number of amides is 1. The van der Waals surface area contributed by atoms with E-state index in [4.69, 9.17) is 4.74 Å². The lowest BCUT2D eigenvalue weighted by Gasteiger charge is -2.30. The third-order valence-electron chi connectivity index (χ3n) is 4.36. The van der Waals surface area contributed by atoms with Crippen LogP contribution < -0.4 is 10.1 Å². The molecule has 0 unspecified atom stereocenters. The lowest BCUT2D eigenvalue weighted by Crippen LogP contribution is -2.41. The fraction of sp³-hybridized carbons (Fsp3) is 0.412. The maximum atomic E-state index is 12.6. The van der Waals surface area contributed by atoms with Gasteiger partial charge in [0.05, 0.1) is 24.8 Å². The lowest BCUT2D eigenvalue weighted by molar-refractivity contribution is -0.120. The van der Waals surface area contributed by atoms with E-state index >= 15 is 0 Å². The number of hydrogen-bond donors (Lipinski definition) is 2. The van der Waals surface area contributed by atoms with Crippen LogP contribution in [0, 0.1) is 5.92 Å². The number of rotatable bonds is 6. The lowest BCUT2D eigenvalue weighted by atomic mass is 9.97. The SMILES string of the molecule is CCOc1ccccc1NC(=O)C1CCN(S(=O)(=O)c2cnc[nH]2)CC1. The maximum absolute atomic E-state index is 12.6. The summed E-state index contributed by atoms with van der Waals surface area (Å²) in [4.78, 5) is 18.9. The second-order valence-electron chi connectivity index (χ2n) is 6.01. The number of sulfonamides is 1. The Morgan fingerprint density at radius 1 is 1.35 bits per heavy atom. The second kappa shape index (κ2) is 7.88. The first kappa shape index (κ1) is 18.4. The molecule has 9 heteroatoms. The summed E-state index contributed by atoms with van der Waals surface area (Å²) in [7, 11) is -3.58. The Labute approximate surface area is 152 Å². The van der Waals surface area contributed by atoms with Crippen LogP contribution in [0.15, 0.2) is 41.8 Å². The number of nitrogens with zero attached hydrogens (tertiary/aromatic N) is 2. The van der Waals surface area contributed by atoms with Gasteiger partial charge in [0.25, 0.3) is 10.0 Å². The number of piperidine rings is 1. The van der Waals surface area contributed by atoms with Crippen molar-refractivity contribution >= 4 is 21.6 Å². The van der Waals surface area contributed by atoms with Gasteiger partial charge in [-0.2, -0.15) is 4.31 Å². The molecule has 140 valence electrons. The smallest absolute Gasteiger partial charge is 0.260 e.